The Morgan fingerprint density at radius 3 is 3.06 bits per heavy atom. The Labute approximate surface area is 112 Å². The van der Waals surface area contributed by atoms with Crippen LogP contribution in [0.4, 0.5) is 0 Å². The van der Waals surface area contributed by atoms with Gasteiger partial charge in [-0.25, -0.2) is 0 Å². The molecule has 2 unspecified atom stereocenters. The first-order valence-electron chi connectivity index (χ1n) is 5.32. The van der Waals surface area contributed by atoms with Crippen molar-refractivity contribution < 1.29 is 14.6 Å². The molecule has 17 heavy (non-hydrogen) atoms. The molecule has 1 aromatic rings. The van der Waals surface area contributed by atoms with Crippen LogP contribution in [-0.2, 0) is 16.1 Å². The molecule has 1 aliphatic heterocycles. The van der Waals surface area contributed by atoms with Gasteiger partial charge in [-0.15, -0.1) is 11.3 Å². The number of likely N-dealkylation sites (N-methyl/N-ethyl adjacent to an activating group) is 1. The van der Waals surface area contributed by atoms with E-state index < -0.39 is 11.9 Å². The maximum Gasteiger partial charge on any atom is 0.310 e. The van der Waals surface area contributed by atoms with Gasteiger partial charge >= 0.3 is 5.97 Å². The van der Waals surface area contributed by atoms with Gasteiger partial charge in [0.25, 0.3) is 0 Å². The van der Waals surface area contributed by atoms with Crippen LogP contribution in [0.25, 0.3) is 0 Å². The first kappa shape index (κ1) is 13.0. The third-order valence-corrected chi connectivity index (χ3v) is 4.93. The zero-order chi connectivity index (χ0) is 12.4. The van der Waals surface area contributed by atoms with Gasteiger partial charge in [0.15, 0.2) is 0 Å². The second-order valence-electron chi connectivity index (χ2n) is 4.16. The van der Waals surface area contributed by atoms with Crippen molar-refractivity contribution >= 4 is 33.2 Å². The number of rotatable bonds is 4. The smallest absolute Gasteiger partial charge is 0.310 e. The zero-order valence-corrected chi connectivity index (χ0v) is 11.8. The van der Waals surface area contributed by atoms with Crippen molar-refractivity contribution in [1.29, 1.82) is 0 Å². The van der Waals surface area contributed by atoms with Crippen LogP contribution in [0.15, 0.2) is 15.9 Å². The molecule has 1 fully saturated rings. The minimum absolute atomic E-state index is 0.0403. The Balaban J connectivity index is 2.02. The molecular formula is C11H14BrNO3S. The molecule has 1 aliphatic rings. The molecule has 0 radical (unpaired) electrons. The zero-order valence-electron chi connectivity index (χ0n) is 9.43. The van der Waals surface area contributed by atoms with Gasteiger partial charge in [0, 0.05) is 21.9 Å². The van der Waals surface area contributed by atoms with Crippen LogP contribution in [-0.4, -0.2) is 42.3 Å². The van der Waals surface area contributed by atoms with Gasteiger partial charge in [0.1, 0.15) is 0 Å². The van der Waals surface area contributed by atoms with Crippen molar-refractivity contribution in [3.05, 3.63) is 20.8 Å². The molecule has 94 valence electrons. The highest BCUT2D eigenvalue weighted by Gasteiger charge is 2.36. The molecule has 6 heteroatoms. The van der Waals surface area contributed by atoms with E-state index in [0.29, 0.717) is 13.2 Å². The van der Waals surface area contributed by atoms with E-state index in [1.165, 1.54) is 4.88 Å². The van der Waals surface area contributed by atoms with Crippen LogP contribution in [0, 0.1) is 5.92 Å². The lowest BCUT2D eigenvalue weighted by Gasteiger charge is -2.25. The number of hydrogen-bond acceptors (Lipinski definition) is 4. The van der Waals surface area contributed by atoms with Gasteiger partial charge in [0.05, 0.1) is 19.1 Å². The average molecular weight is 320 g/mol. The molecule has 1 saturated heterocycles. The van der Waals surface area contributed by atoms with Crippen molar-refractivity contribution in [2.24, 2.45) is 5.92 Å². The van der Waals surface area contributed by atoms with E-state index in [4.69, 9.17) is 9.84 Å². The monoisotopic (exact) mass is 319 g/mol. The molecule has 0 aliphatic carbocycles. The van der Waals surface area contributed by atoms with Crippen LogP contribution in [0.5, 0.6) is 0 Å². The molecule has 4 nitrogen and oxygen atoms in total. The highest BCUT2D eigenvalue weighted by atomic mass is 79.9. The molecule has 2 heterocycles. The van der Waals surface area contributed by atoms with E-state index in [1.807, 2.05) is 18.5 Å². The second-order valence-corrected chi connectivity index (χ2v) is 6.01. The van der Waals surface area contributed by atoms with Gasteiger partial charge in [-0.3, -0.25) is 9.69 Å². The topological polar surface area (TPSA) is 49.8 Å². The summed E-state index contributed by atoms with van der Waals surface area (Å²) in [5.74, 6) is -1.19. The van der Waals surface area contributed by atoms with Crippen LogP contribution in [0.3, 0.4) is 0 Å². The Bertz CT molecular complexity index is 409. The predicted molar refractivity (Wildman–Crippen MR) is 69.2 cm³/mol. The maximum atomic E-state index is 11.1. The van der Waals surface area contributed by atoms with E-state index in [-0.39, 0.29) is 6.04 Å². The highest BCUT2D eigenvalue weighted by molar-refractivity contribution is 9.10. The fourth-order valence-corrected chi connectivity index (χ4v) is 3.54. The molecule has 2 atom stereocenters. The van der Waals surface area contributed by atoms with Crippen molar-refractivity contribution in [2.75, 3.05) is 20.3 Å². The number of hydrogen-bond donors (Lipinski definition) is 1. The van der Waals surface area contributed by atoms with Gasteiger partial charge < -0.3 is 9.84 Å². The minimum Gasteiger partial charge on any atom is -0.481 e. The number of carbonyl (C=O) groups is 1. The second kappa shape index (κ2) is 5.48. The van der Waals surface area contributed by atoms with Crippen LogP contribution in [0.1, 0.15) is 4.88 Å². The summed E-state index contributed by atoms with van der Waals surface area (Å²) < 4.78 is 6.35. The fraction of sp³-hybridized carbons (Fsp3) is 0.545. The van der Waals surface area contributed by atoms with Gasteiger partial charge in [0.2, 0.25) is 0 Å². The summed E-state index contributed by atoms with van der Waals surface area (Å²) in [4.78, 5) is 14.3. The average Bonchev–Trinajstić information content (AvgIpc) is 2.87. The van der Waals surface area contributed by atoms with Crippen LogP contribution < -0.4 is 0 Å². The normalized spacial score (nSPS) is 24.4. The molecule has 1 N–H and O–H groups in total. The van der Waals surface area contributed by atoms with Crippen molar-refractivity contribution in [3.8, 4) is 0 Å². The molecule has 2 rings (SSSR count). The minimum atomic E-state index is -0.774. The number of aliphatic carboxylic acids is 1. The molecule has 1 aromatic heterocycles. The van der Waals surface area contributed by atoms with Crippen LogP contribution >= 0.6 is 27.3 Å². The maximum absolute atomic E-state index is 11.1. The Kier molecular flexibility index (Phi) is 4.19. The molecule has 0 bridgehead atoms. The summed E-state index contributed by atoms with van der Waals surface area (Å²) in [5.41, 5.74) is 0. The lowest BCUT2D eigenvalue weighted by Crippen LogP contribution is -2.40. The van der Waals surface area contributed by atoms with E-state index in [2.05, 4.69) is 20.8 Å². The Morgan fingerprint density at radius 1 is 1.71 bits per heavy atom. The summed E-state index contributed by atoms with van der Waals surface area (Å²) in [6, 6.07) is 1.97. The van der Waals surface area contributed by atoms with Crippen molar-refractivity contribution in [3.63, 3.8) is 0 Å². The Hall–Kier alpha value is -0.430. The quantitative estimate of drug-likeness (QED) is 0.922. The molecule has 0 spiro atoms. The number of halogens is 1. The van der Waals surface area contributed by atoms with Gasteiger partial charge in [-0.05, 0) is 34.4 Å². The number of carboxylic acid groups (broad SMARTS) is 1. The molecular weight excluding hydrogens is 306 g/mol. The molecule has 0 aromatic carbocycles. The number of thiophene rings is 1. The van der Waals surface area contributed by atoms with Crippen LogP contribution in [0.2, 0.25) is 0 Å². The number of nitrogens with zero attached hydrogens (tertiary/aromatic N) is 1. The largest absolute Gasteiger partial charge is 0.481 e. The first-order chi connectivity index (χ1) is 8.09. The van der Waals surface area contributed by atoms with Gasteiger partial charge in [-0.1, -0.05) is 0 Å². The predicted octanol–water partition coefficient (Wildman–Crippen LogP) is 2.04. The molecule has 0 amide bonds. The van der Waals surface area contributed by atoms with E-state index in [9.17, 15) is 4.79 Å². The molecule has 0 saturated carbocycles. The van der Waals surface area contributed by atoms with Crippen molar-refractivity contribution in [1.82, 2.24) is 4.90 Å². The first-order valence-corrected chi connectivity index (χ1v) is 6.99. The third kappa shape index (κ3) is 2.88. The third-order valence-electron chi connectivity index (χ3n) is 3.02. The van der Waals surface area contributed by atoms with E-state index >= 15 is 0 Å². The fourth-order valence-electron chi connectivity index (χ4n) is 1.99. The SMILES string of the molecule is CN(Cc1sccc1Br)C1COCC1C(=O)O. The van der Waals surface area contributed by atoms with E-state index in [1.54, 1.807) is 11.3 Å². The summed E-state index contributed by atoms with van der Waals surface area (Å²) in [7, 11) is 1.95. The Morgan fingerprint density at radius 2 is 2.47 bits per heavy atom. The van der Waals surface area contributed by atoms with Gasteiger partial charge in [-0.2, -0.15) is 0 Å². The lowest BCUT2D eigenvalue weighted by atomic mass is 10.0. The summed E-state index contributed by atoms with van der Waals surface area (Å²) in [6.45, 7) is 1.56. The number of ether oxygens (including phenoxy) is 1. The number of carboxylic acids is 1. The highest BCUT2D eigenvalue weighted by Crippen LogP contribution is 2.27. The summed E-state index contributed by atoms with van der Waals surface area (Å²) in [5, 5.41) is 11.1. The van der Waals surface area contributed by atoms with E-state index in [0.717, 1.165) is 11.0 Å². The van der Waals surface area contributed by atoms with Crippen molar-refractivity contribution in [2.45, 2.75) is 12.6 Å². The summed E-state index contributed by atoms with van der Waals surface area (Å²) in [6.07, 6.45) is 0. The standard InChI is InChI=1S/C11H14BrNO3S/c1-13(4-10-8(12)2-3-17-10)9-6-16-5-7(9)11(14)15/h2-3,7,9H,4-6H2,1H3,(H,14,15). The summed E-state index contributed by atoms with van der Waals surface area (Å²) >= 11 is 5.15. The lowest BCUT2D eigenvalue weighted by molar-refractivity contribution is -0.143.